The van der Waals surface area contributed by atoms with Crippen LogP contribution in [0.5, 0.6) is 0 Å². The number of aromatic nitrogens is 1. The van der Waals surface area contributed by atoms with E-state index in [2.05, 4.69) is 9.88 Å². The fourth-order valence-electron chi connectivity index (χ4n) is 4.43. The van der Waals surface area contributed by atoms with Gasteiger partial charge in [0.2, 0.25) is 0 Å². The normalized spacial score (nSPS) is 14.8. The number of carbonyl (C=O) groups is 1. The molecule has 0 spiro atoms. The van der Waals surface area contributed by atoms with Crippen molar-refractivity contribution in [2.75, 3.05) is 33.2 Å². The number of piperidine rings is 1. The molecule has 2 aromatic carbocycles. The highest BCUT2D eigenvalue weighted by molar-refractivity contribution is 5.94. The molecule has 1 aliphatic rings. The molecule has 2 heterocycles. The second-order valence-corrected chi connectivity index (χ2v) is 8.83. The number of rotatable bonds is 7. The lowest BCUT2D eigenvalue weighted by atomic mass is 9.95. The van der Waals surface area contributed by atoms with Crippen molar-refractivity contribution in [3.8, 4) is 11.3 Å². The zero-order valence-corrected chi connectivity index (χ0v) is 19.0. The van der Waals surface area contributed by atoms with Crippen LogP contribution in [0.3, 0.4) is 0 Å². The van der Waals surface area contributed by atoms with Crippen molar-refractivity contribution >= 4 is 5.91 Å². The number of likely N-dealkylation sites (tertiary alicyclic amines) is 1. The SMILES string of the molecule is CN(CC1CCN(CCc2ccc(F)cc2)CC1)C(=O)c1ccc(-c2ccccc2)[nH]c1=O. The van der Waals surface area contributed by atoms with Crippen LogP contribution in [0.1, 0.15) is 28.8 Å². The largest absolute Gasteiger partial charge is 0.341 e. The summed E-state index contributed by atoms with van der Waals surface area (Å²) in [4.78, 5) is 32.4. The third-order valence-electron chi connectivity index (χ3n) is 6.44. The first kappa shape index (κ1) is 22.9. The number of aromatic amines is 1. The number of nitrogens with zero attached hydrogens (tertiary/aromatic N) is 2. The van der Waals surface area contributed by atoms with Crippen LogP contribution in [0.2, 0.25) is 0 Å². The van der Waals surface area contributed by atoms with Gasteiger partial charge < -0.3 is 14.8 Å². The molecular formula is C27H30FN3O2. The number of nitrogens with one attached hydrogen (secondary N) is 1. The molecule has 5 nitrogen and oxygen atoms in total. The summed E-state index contributed by atoms with van der Waals surface area (Å²) in [5.74, 6) is -0.0225. The number of hydrogen-bond donors (Lipinski definition) is 1. The maximum Gasteiger partial charge on any atom is 0.261 e. The zero-order valence-electron chi connectivity index (χ0n) is 19.0. The van der Waals surface area contributed by atoms with E-state index in [1.807, 2.05) is 42.5 Å². The molecule has 0 aliphatic carbocycles. The molecule has 1 N–H and O–H groups in total. The minimum absolute atomic E-state index is 0.175. The van der Waals surface area contributed by atoms with Crippen molar-refractivity contribution in [1.29, 1.82) is 0 Å². The Morgan fingerprint density at radius 3 is 2.39 bits per heavy atom. The van der Waals surface area contributed by atoms with Crippen LogP contribution < -0.4 is 5.56 Å². The van der Waals surface area contributed by atoms with Gasteiger partial charge in [-0.2, -0.15) is 0 Å². The second kappa shape index (κ2) is 10.6. The van der Waals surface area contributed by atoms with Gasteiger partial charge in [-0.05, 0) is 73.7 Å². The first-order chi connectivity index (χ1) is 16.0. The van der Waals surface area contributed by atoms with Gasteiger partial charge >= 0.3 is 0 Å². The molecule has 33 heavy (non-hydrogen) atoms. The molecule has 0 bridgehead atoms. The highest BCUT2D eigenvalue weighted by atomic mass is 19.1. The Hall–Kier alpha value is -3.25. The zero-order chi connectivity index (χ0) is 23.2. The Balaban J connectivity index is 1.27. The Bertz CT molecular complexity index is 1120. The Morgan fingerprint density at radius 1 is 1.03 bits per heavy atom. The summed E-state index contributed by atoms with van der Waals surface area (Å²) >= 11 is 0. The van der Waals surface area contributed by atoms with Gasteiger partial charge in [-0.25, -0.2) is 4.39 Å². The summed E-state index contributed by atoms with van der Waals surface area (Å²) in [6.45, 7) is 3.57. The molecule has 1 aromatic heterocycles. The lowest BCUT2D eigenvalue weighted by molar-refractivity contribution is 0.0738. The van der Waals surface area contributed by atoms with Crippen LogP contribution in [-0.2, 0) is 6.42 Å². The minimum atomic E-state index is -0.358. The van der Waals surface area contributed by atoms with Crippen LogP contribution in [0.4, 0.5) is 4.39 Å². The predicted octanol–water partition coefficient (Wildman–Crippen LogP) is 4.21. The van der Waals surface area contributed by atoms with E-state index in [1.54, 1.807) is 24.1 Å². The van der Waals surface area contributed by atoms with Crippen LogP contribution in [0.25, 0.3) is 11.3 Å². The van der Waals surface area contributed by atoms with Gasteiger partial charge in [0.25, 0.3) is 11.5 Å². The van der Waals surface area contributed by atoms with Gasteiger partial charge in [-0.1, -0.05) is 42.5 Å². The van der Waals surface area contributed by atoms with Gasteiger partial charge in [0.1, 0.15) is 11.4 Å². The van der Waals surface area contributed by atoms with Crippen molar-refractivity contribution in [2.45, 2.75) is 19.3 Å². The second-order valence-electron chi connectivity index (χ2n) is 8.83. The third kappa shape index (κ3) is 5.96. The van der Waals surface area contributed by atoms with Gasteiger partial charge in [0.05, 0.1) is 0 Å². The van der Waals surface area contributed by atoms with Crippen LogP contribution in [-0.4, -0.2) is 53.9 Å². The number of amides is 1. The average Bonchev–Trinajstić information content (AvgIpc) is 2.84. The van der Waals surface area contributed by atoms with E-state index in [9.17, 15) is 14.0 Å². The summed E-state index contributed by atoms with van der Waals surface area (Å²) in [6, 6.07) is 19.7. The van der Waals surface area contributed by atoms with Crippen molar-refractivity contribution in [1.82, 2.24) is 14.8 Å². The molecule has 3 aromatic rings. The van der Waals surface area contributed by atoms with E-state index in [4.69, 9.17) is 0 Å². The maximum atomic E-state index is 13.0. The van der Waals surface area contributed by atoms with Gasteiger partial charge in [-0.3, -0.25) is 9.59 Å². The number of benzene rings is 2. The van der Waals surface area contributed by atoms with E-state index < -0.39 is 0 Å². The number of halogens is 1. The van der Waals surface area contributed by atoms with Crippen molar-refractivity contribution in [3.05, 3.63) is 94.0 Å². The molecule has 172 valence electrons. The van der Waals surface area contributed by atoms with Crippen molar-refractivity contribution in [2.24, 2.45) is 5.92 Å². The smallest absolute Gasteiger partial charge is 0.261 e. The number of H-pyrrole nitrogens is 1. The molecule has 4 rings (SSSR count). The predicted molar refractivity (Wildman–Crippen MR) is 129 cm³/mol. The van der Waals surface area contributed by atoms with Crippen molar-refractivity contribution < 1.29 is 9.18 Å². The quantitative estimate of drug-likeness (QED) is 0.590. The standard InChI is InChI=1S/C27H30FN3O2/c1-30(27(33)24-11-12-25(29-26(24)32)22-5-3-2-4-6-22)19-21-14-17-31(18-15-21)16-13-20-7-9-23(28)10-8-20/h2-12,21H,13-19H2,1H3,(H,29,32). The molecule has 1 saturated heterocycles. The third-order valence-corrected chi connectivity index (χ3v) is 6.44. The van der Waals surface area contributed by atoms with Crippen LogP contribution in [0, 0.1) is 11.7 Å². The summed E-state index contributed by atoms with van der Waals surface area (Å²) in [5.41, 5.74) is 2.58. The van der Waals surface area contributed by atoms with Gasteiger partial charge in [0.15, 0.2) is 0 Å². The van der Waals surface area contributed by atoms with Crippen LogP contribution in [0.15, 0.2) is 71.5 Å². The van der Waals surface area contributed by atoms with E-state index in [1.165, 1.54) is 12.1 Å². The molecule has 6 heteroatoms. The monoisotopic (exact) mass is 447 g/mol. The van der Waals surface area contributed by atoms with Gasteiger partial charge in [0, 0.05) is 25.8 Å². The fraction of sp³-hybridized carbons (Fsp3) is 0.333. The minimum Gasteiger partial charge on any atom is -0.341 e. The topological polar surface area (TPSA) is 56.4 Å². The first-order valence-electron chi connectivity index (χ1n) is 11.5. The Kier molecular flexibility index (Phi) is 7.35. The van der Waals surface area contributed by atoms with E-state index in [0.717, 1.165) is 50.0 Å². The molecule has 0 radical (unpaired) electrons. The first-order valence-corrected chi connectivity index (χ1v) is 11.5. The maximum absolute atomic E-state index is 13.0. The summed E-state index contributed by atoms with van der Waals surface area (Å²) in [7, 11) is 1.77. The summed E-state index contributed by atoms with van der Waals surface area (Å²) < 4.78 is 13.0. The number of carbonyl (C=O) groups excluding carboxylic acids is 1. The Labute approximate surface area is 193 Å². The number of pyridine rings is 1. The lowest BCUT2D eigenvalue weighted by Gasteiger charge is -2.33. The van der Waals surface area contributed by atoms with Gasteiger partial charge in [-0.15, -0.1) is 0 Å². The van der Waals surface area contributed by atoms with Crippen LogP contribution >= 0.6 is 0 Å². The van der Waals surface area contributed by atoms with E-state index in [-0.39, 0.29) is 22.8 Å². The summed E-state index contributed by atoms with van der Waals surface area (Å²) in [6.07, 6.45) is 2.94. The molecule has 1 fully saturated rings. The fourth-order valence-corrected chi connectivity index (χ4v) is 4.43. The molecule has 0 atom stereocenters. The van der Waals surface area contributed by atoms with Crippen molar-refractivity contribution in [3.63, 3.8) is 0 Å². The van der Waals surface area contributed by atoms with E-state index in [0.29, 0.717) is 18.2 Å². The molecule has 1 amide bonds. The molecule has 0 saturated carbocycles. The molecular weight excluding hydrogens is 417 g/mol. The number of hydrogen-bond acceptors (Lipinski definition) is 3. The molecule has 1 aliphatic heterocycles. The highest BCUT2D eigenvalue weighted by Crippen LogP contribution is 2.20. The Morgan fingerprint density at radius 2 is 1.73 bits per heavy atom. The lowest BCUT2D eigenvalue weighted by Crippen LogP contribution is -2.41. The van der Waals surface area contributed by atoms with E-state index >= 15 is 0 Å². The molecule has 0 unspecified atom stereocenters. The highest BCUT2D eigenvalue weighted by Gasteiger charge is 2.23. The average molecular weight is 448 g/mol. The summed E-state index contributed by atoms with van der Waals surface area (Å²) in [5, 5.41) is 0.